The van der Waals surface area contributed by atoms with Gasteiger partial charge in [0.1, 0.15) is 0 Å². The highest BCUT2D eigenvalue weighted by molar-refractivity contribution is 6.31. The fraction of sp³-hybridized carbons (Fsp3) is 0.682. The van der Waals surface area contributed by atoms with Gasteiger partial charge in [-0.1, -0.05) is 32.4 Å². The monoisotopic (exact) mass is 407 g/mol. The molecule has 6 heteroatoms. The van der Waals surface area contributed by atoms with E-state index in [4.69, 9.17) is 21.1 Å². The van der Waals surface area contributed by atoms with E-state index in [1.807, 2.05) is 6.92 Å². The second-order valence-corrected chi connectivity index (χ2v) is 9.65. The van der Waals surface area contributed by atoms with Crippen molar-refractivity contribution in [3.05, 3.63) is 22.7 Å². The highest BCUT2D eigenvalue weighted by Gasteiger charge is 2.68. The first-order valence-electron chi connectivity index (χ1n) is 10.2. The van der Waals surface area contributed by atoms with Crippen LogP contribution in [-0.4, -0.2) is 30.8 Å². The molecule has 5 atom stereocenters. The molecule has 28 heavy (non-hydrogen) atoms. The van der Waals surface area contributed by atoms with Gasteiger partial charge in [0.2, 0.25) is 5.91 Å². The van der Waals surface area contributed by atoms with Crippen molar-refractivity contribution >= 4 is 17.5 Å². The van der Waals surface area contributed by atoms with Crippen LogP contribution in [0.2, 0.25) is 5.02 Å². The van der Waals surface area contributed by atoms with Gasteiger partial charge in [0.05, 0.1) is 18.2 Å². The third-order valence-electron chi connectivity index (χ3n) is 7.74. The second kappa shape index (κ2) is 6.81. The van der Waals surface area contributed by atoms with Gasteiger partial charge in [-0.05, 0) is 48.0 Å². The Morgan fingerprint density at radius 3 is 2.86 bits per heavy atom. The predicted molar refractivity (Wildman–Crippen MR) is 108 cm³/mol. The van der Waals surface area contributed by atoms with Gasteiger partial charge in [0.15, 0.2) is 11.5 Å². The zero-order valence-corrected chi connectivity index (χ0v) is 17.8. The number of carbonyl (C=O) groups is 1. The maximum absolute atomic E-state index is 12.3. The van der Waals surface area contributed by atoms with Crippen LogP contribution in [0.25, 0.3) is 0 Å². The van der Waals surface area contributed by atoms with Crippen LogP contribution in [0.4, 0.5) is 0 Å². The number of methoxy groups -OCH3 is 1. The molecule has 5 nitrogen and oxygen atoms in total. The molecule has 3 fully saturated rings. The zero-order chi connectivity index (χ0) is 20.3. The van der Waals surface area contributed by atoms with Crippen LogP contribution >= 0.6 is 11.6 Å². The van der Waals surface area contributed by atoms with Crippen LogP contribution in [0.15, 0.2) is 12.1 Å². The molecule has 1 heterocycles. The molecule has 3 aliphatic rings. The van der Waals surface area contributed by atoms with E-state index in [9.17, 15) is 9.90 Å². The summed E-state index contributed by atoms with van der Waals surface area (Å²) < 4.78 is 11.6. The Balaban J connectivity index is 1.73. The second-order valence-electron chi connectivity index (χ2n) is 9.24. The molecule has 0 aromatic heterocycles. The van der Waals surface area contributed by atoms with Gasteiger partial charge in [-0.2, -0.15) is 0 Å². The van der Waals surface area contributed by atoms with Crippen molar-refractivity contribution in [2.75, 3.05) is 13.7 Å². The summed E-state index contributed by atoms with van der Waals surface area (Å²) in [6, 6.07) is 3.48. The molecule has 1 saturated heterocycles. The number of rotatable bonds is 4. The molecule has 0 unspecified atom stereocenters. The number of nitrogens with one attached hydrogen (secondary N) is 1. The summed E-state index contributed by atoms with van der Waals surface area (Å²) in [4.78, 5) is 12.3. The standard InChI is InChI=1S/C22H30ClNO4/c1-5-18(26)24-20-21(2,3)12-8-14-19(28-7-6-22(14,20)11-12)13-9-17(27-4)16(25)10-15(13)23/h9-10,12,14,19-20,25H,5-8,11H2,1-4H3,(H,24,26)/t12-,14-,19-,20+,22-/m1/s1. The van der Waals surface area contributed by atoms with Gasteiger partial charge in [0, 0.05) is 30.7 Å². The molecule has 4 rings (SSSR count). The van der Waals surface area contributed by atoms with Crippen LogP contribution < -0.4 is 10.1 Å². The van der Waals surface area contributed by atoms with E-state index in [0.717, 1.165) is 24.8 Å². The molecule has 1 aromatic rings. The Morgan fingerprint density at radius 1 is 1.43 bits per heavy atom. The molecule has 2 N–H and O–H groups in total. The van der Waals surface area contributed by atoms with Crippen molar-refractivity contribution in [3.63, 3.8) is 0 Å². The molecule has 1 aromatic carbocycles. The van der Waals surface area contributed by atoms with E-state index in [0.29, 0.717) is 29.7 Å². The third-order valence-corrected chi connectivity index (χ3v) is 8.06. The highest BCUT2D eigenvalue weighted by Crippen LogP contribution is 2.70. The van der Waals surface area contributed by atoms with E-state index in [2.05, 4.69) is 19.2 Å². The van der Waals surface area contributed by atoms with Crippen molar-refractivity contribution in [1.82, 2.24) is 5.32 Å². The largest absolute Gasteiger partial charge is 0.504 e. The van der Waals surface area contributed by atoms with E-state index in [-0.39, 0.29) is 40.6 Å². The normalized spacial score (nSPS) is 35.5. The average Bonchev–Trinajstić information content (AvgIpc) is 3.14. The van der Waals surface area contributed by atoms with Gasteiger partial charge >= 0.3 is 0 Å². The molecular formula is C22H30ClNO4. The summed E-state index contributed by atoms with van der Waals surface area (Å²) in [7, 11) is 1.53. The molecule has 1 aliphatic heterocycles. The van der Waals surface area contributed by atoms with Gasteiger partial charge in [-0.3, -0.25) is 4.79 Å². The van der Waals surface area contributed by atoms with Crippen molar-refractivity contribution in [2.24, 2.45) is 22.7 Å². The fourth-order valence-electron chi connectivity index (χ4n) is 6.30. The SMILES string of the molecule is CCC(=O)N[C@H]1C(C)(C)[C@@H]2C[C@@H]3[C@@H](c4cc(OC)c(O)cc4Cl)OCC[C@@]31C2. The van der Waals surface area contributed by atoms with E-state index in [1.54, 1.807) is 6.07 Å². The van der Waals surface area contributed by atoms with Crippen LogP contribution in [0, 0.1) is 22.7 Å². The average molecular weight is 408 g/mol. The number of benzene rings is 1. The van der Waals surface area contributed by atoms with E-state index in [1.165, 1.54) is 13.2 Å². The number of ether oxygens (including phenoxy) is 2. The van der Waals surface area contributed by atoms with Crippen molar-refractivity contribution < 1.29 is 19.4 Å². The third kappa shape index (κ3) is 2.73. The van der Waals surface area contributed by atoms with Gasteiger partial charge in [-0.15, -0.1) is 0 Å². The van der Waals surface area contributed by atoms with Gasteiger partial charge in [-0.25, -0.2) is 0 Å². The molecular weight excluding hydrogens is 378 g/mol. The number of hydrogen-bond acceptors (Lipinski definition) is 4. The topological polar surface area (TPSA) is 67.8 Å². The van der Waals surface area contributed by atoms with Gasteiger partial charge in [0.25, 0.3) is 0 Å². The predicted octanol–water partition coefficient (Wildman–Crippen LogP) is 4.46. The van der Waals surface area contributed by atoms with Crippen LogP contribution in [0.3, 0.4) is 0 Å². The number of phenolic OH excluding ortho intramolecular Hbond substituents is 1. The Hall–Kier alpha value is -1.46. The van der Waals surface area contributed by atoms with Crippen LogP contribution in [0.1, 0.15) is 58.1 Å². The highest BCUT2D eigenvalue weighted by atomic mass is 35.5. The van der Waals surface area contributed by atoms with Crippen LogP contribution in [-0.2, 0) is 9.53 Å². The summed E-state index contributed by atoms with van der Waals surface area (Å²) in [6.07, 6.45) is 3.48. The van der Waals surface area contributed by atoms with Crippen molar-refractivity contribution in [2.45, 2.75) is 58.6 Å². The molecule has 154 valence electrons. The first kappa shape index (κ1) is 19.8. The number of carbonyl (C=O) groups excluding carboxylic acids is 1. The molecule has 2 aliphatic carbocycles. The maximum Gasteiger partial charge on any atom is 0.219 e. The molecule has 2 saturated carbocycles. The summed E-state index contributed by atoms with van der Waals surface area (Å²) in [5.41, 5.74) is 0.960. The maximum atomic E-state index is 12.3. The number of fused-ring (bicyclic) bond motifs is 1. The quantitative estimate of drug-likeness (QED) is 0.773. The lowest BCUT2D eigenvalue weighted by molar-refractivity contribution is -0.137. The van der Waals surface area contributed by atoms with Crippen molar-refractivity contribution in [1.29, 1.82) is 0 Å². The lowest BCUT2D eigenvalue weighted by Gasteiger charge is -2.53. The zero-order valence-electron chi connectivity index (χ0n) is 17.0. The molecule has 0 radical (unpaired) electrons. The number of phenols is 1. The Morgan fingerprint density at radius 2 is 2.18 bits per heavy atom. The minimum absolute atomic E-state index is 0.0242. The first-order valence-corrected chi connectivity index (χ1v) is 10.6. The lowest BCUT2D eigenvalue weighted by atomic mass is 9.59. The summed E-state index contributed by atoms with van der Waals surface area (Å²) >= 11 is 6.52. The smallest absolute Gasteiger partial charge is 0.219 e. The van der Waals surface area contributed by atoms with E-state index >= 15 is 0 Å². The Labute approximate surface area is 171 Å². The fourth-order valence-corrected chi connectivity index (χ4v) is 6.56. The molecule has 1 spiro atoms. The molecule has 2 bridgehead atoms. The number of aromatic hydroxyl groups is 1. The Kier molecular flexibility index (Phi) is 4.82. The number of amides is 1. The van der Waals surface area contributed by atoms with Crippen molar-refractivity contribution in [3.8, 4) is 11.5 Å². The number of halogens is 1. The minimum Gasteiger partial charge on any atom is -0.504 e. The molecule has 1 amide bonds. The lowest BCUT2D eigenvalue weighted by Crippen LogP contribution is -2.58. The van der Waals surface area contributed by atoms with E-state index < -0.39 is 0 Å². The summed E-state index contributed by atoms with van der Waals surface area (Å²) in [6.45, 7) is 7.14. The Bertz CT molecular complexity index is 795. The van der Waals surface area contributed by atoms with Crippen LogP contribution in [0.5, 0.6) is 11.5 Å². The minimum atomic E-state index is -0.155. The summed E-state index contributed by atoms with van der Waals surface area (Å²) in [5, 5.41) is 13.9. The number of hydrogen-bond donors (Lipinski definition) is 2. The van der Waals surface area contributed by atoms with Gasteiger partial charge < -0.3 is 19.9 Å². The summed E-state index contributed by atoms with van der Waals surface area (Å²) in [5.74, 6) is 1.38. The first-order chi connectivity index (χ1) is 13.2.